The first kappa shape index (κ1) is 22.8. The van der Waals surface area contributed by atoms with Crippen molar-refractivity contribution in [3.8, 4) is 0 Å². The van der Waals surface area contributed by atoms with Crippen molar-refractivity contribution in [3.05, 3.63) is 70.3 Å². The van der Waals surface area contributed by atoms with Crippen molar-refractivity contribution in [2.45, 2.75) is 25.8 Å². The molecule has 168 valence electrons. The minimum Gasteiger partial charge on any atom is -0.384 e. The van der Waals surface area contributed by atoms with Gasteiger partial charge in [0, 0.05) is 53.5 Å². The second kappa shape index (κ2) is 11.0. The molecule has 0 aliphatic carbocycles. The summed E-state index contributed by atoms with van der Waals surface area (Å²) in [6.45, 7) is 4.12. The van der Waals surface area contributed by atoms with Crippen LogP contribution in [0.4, 0.5) is 5.69 Å². The fourth-order valence-corrected chi connectivity index (χ4v) is 4.50. The molecule has 32 heavy (non-hydrogen) atoms. The first-order valence-electron chi connectivity index (χ1n) is 11.1. The standard InChI is InChI=1S/C25H28Cl2N4O/c26-20-6-4-18(5-7-20)16-31-14-1-3-19(17-31)25(32)30-12-2-11-28-23-10-13-29-24-15-21(27)8-9-22(23)24/h4-10,13,15,19H,1-3,11-12,14,16-17H2,(H,28,29)(H,30,32). The molecule has 0 saturated carbocycles. The Labute approximate surface area is 199 Å². The van der Waals surface area contributed by atoms with Gasteiger partial charge in [-0.05, 0) is 67.8 Å². The number of carbonyl (C=O) groups excluding carboxylic acids is 1. The molecule has 1 saturated heterocycles. The molecule has 1 aliphatic rings. The van der Waals surface area contributed by atoms with Crippen molar-refractivity contribution in [2.24, 2.45) is 5.92 Å². The van der Waals surface area contributed by atoms with E-state index in [-0.39, 0.29) is 11.8 Å². The van der Waals surface area contributed by atoms with E-state index in [1.807, 2.05) is 36.4 Å². The molecule has 2 aromatic carbocycles. The van der Waals surface area contributed by atoms with Crippen LogP contribution in [0.2, 0.25) is 10.0 Å². The Morgan fingerprint density at radius 1 is 1.06 bits per heavy atom. The maximum atomic E-state index is 12.7. The van der Waals surface area contributed by atoms with Crippen LogP contribution in [-0.2, 0) is 11.3 Å². The molecule has 1 fully saturated rings. The van der Waals surface area contributed by atoms with Gasteiger partial charge in [-0.15, -0.1) is 0 Å². The van der Waals surface area contributed by atoms with Crippen molar-refractivity contribution in [1.29, 1.82) is 0 Å². The maximum absolute atomic E-state index is 12.7. The number of nitrogens with one attached hydrogen (secondary N) is 2. The number of rotatable bonds is 8. The van der Waals surface area contributed by atoms with Crippen molar-refractivity contribution < 1.29 is 4.79 Å². The summed E-state index contributed by atoms with van der Waals surface area (Å²) in [4.78, 5) is 19.4. The normalized spacial score (nSPS) is 16.8. The highest BCUT2D eigenvalue weighted by molar-refractivity contribution is 6.31. The zero-order chi connectivity index (χ0) is 22.3. The fourth-order valence-electron chi connectivity index (χ4n) is 4.20. The van der Waals surface area contributed by atoms with E-state index in [0.717, 1.165) is 67.1 Å². The summed E-state index contributed by atoms with van der Waals surface area (Å²) in [5.41, 5.74) is 3.13. The molecule has 1 atom stereocenters. The van der Waals surface area contributed by atoms with E-state index >= 15 is 0 Å². The predicted octanol–water partition coefficient (Wildman–Crippen LogP) is 5.37. The summed E-state index contributed by atoms with van der Waals surface area (Å²) < 4.78 is 0. The summed E-state index contributed by atoms with van der Waals surface area (Å²) in [7, 11) is 0. The SMILES string of the molecule is O=C(NCCCNc1ccnc2cc(Cl)ccc12)C1CCCN(Cc2ccc(Cl)cc2)C1. The van der Waals surface area contributed by atoms with Crippen LogP contribution in [0.25, 0.3) is 10.9 Å². The average molecular weight is 471 g/mol. The van der Waals surface area contributed by atoms with Crippen LogP contribution < -0.4 is 10.6 Å². The topological polar surface area (TPSA) is 57.3 Å². The van der Waals surface area contributed by atoms with E-state index in [1.54, 1.807) is 6.20 Å². The van der Waals surface area contributed by atoms with Gasteiger partial charge in [0.25, 0.3) is 0 Å². The van der Waals surface area contributed by atoms with Gasteiger partial charge in [-0.1, -0.05) is 35.3 Å². The summed E-state index contributed by atoms with van der Waals surface area (Å²) in [5.74, 6) is 0.215. The van der Waals surface area contributed by atoms with E-state index in [4.69, 9.17) is 23.2 Å². The number of amides is 1. The summed E-state index contributed by atoms with van der Waals surface area (Å²) in [5, 5.41) is 9.04. The number of likely N-dealkylation sites (tertiary alicyclic amines) is 1. The third-order valence-corrected chi connectivity index (χ3v) is 6.36. The third kappa shape index (κ3) is 6.12. The van der Waals surface area contributed by atoms with Crippen molar-refractivity contribution in [3.63, 3.8) is 0 Å². The van der Waals surface area contributed by atoms with Crippen LogP contribution in [0.1, 0.15) is 24.8 Å². The van der Waals surface area contributed by atoms with E-state index in [2.05, 4.69) is 32.7 Å². The van der Waals surface area contributed by atoms with Gasteiger partial charge in [0.15, 0.2) is 0 Å². The molecule has 1 unspecified atom stereocenters. The molecule has 5 nitrogen and oxygen atoms in total. The van der Waals surface area contributed by atoms with Gasteiger partial charge in [0.2, 0.25) is 5.91 Å². The number of hydrogen-bond acceptors (Lipinski definition) is 4. The lowest BCUT2D eigenvalue weighted by atomic mass is 9.96. The van der Waals surface area contributed by atoms with Crippen LogP contribution >= 0.6 is 23.2 Å². The Morgan fingerprint density at radius 3 is 2.72 bits per heavy atom. The Hall–Kier alpha value is -2.34. The smallest absolute Gasteiger partial charge is 0.224 e. The summed E-state index contributed by atoms with van der Waals surface area (Å²) in [6.07, 6.45) is 4.63. The number of aromatic nitrogens is 1. The monoisotopic (exact) mass is 470 g/mol. The van der Waals surface area contributed by atoms with Gasteiger partial charge in [-0.25, -0.2) is 0 Å². The number of fused-ring (bicyclic) bond motifs is 1. The van der Waals surface area contributed by atoms with Crippen LogP contribution in [-0.4, -0.2) is 42.0 Å². The number of pyridine rings is 1. The van der Waals surface area contributed by atoms with Crippen molar-refractivity contribution in [2.75, 3.05) is 31.5 Å². The molecular formula is C25H28Cl2N4O. The van der Waals surface area contributed by atoms with Gasteiger partial charge >= 0.3 is 0 Å². The van der Waals surface area contributed by atoms with Gasteiger partial charge < -0.3 is 10.6 Å². The molecule has 3 aromatic rings. The average Bonchev–Trinajstić information content (AvgIpc) is 2.80. The lowest BCUT2D eigenvalue weighted by Gasteiger charge is -2.32. The molecule has 2 N–H and O–H groups in total. The Kier molecular flexibility index (Phi) is 7.85. The van der Waals surface area contributed by atoms with Crippen LogP contribution in [0.15, 0.2) is 54.7 Å². The highest BCUT2D eigenvalue weighted by Crippen LogP contribution is 2.24. The zero-order valence-electron chi connectivity index (χ0n) is 18.0. The Balaban J connectivity index is 1.20. The fraction of sp³-hybridized carbons (Fsp3) is 0.360. The lowest BCUT2D eigenvalue weighted by Crippen LogP contribution is -2.43. The highest BCUT2D eigenvalue weighted by Gasteiger charge is 2.25. The highest BCUT2D eigenvalue weighted by atomic mass is 35.5. The van der Waals surface area contributed by atoms with Crippen LogP contribution in [0.5, 0.6) is 0 Å². The maximum Gasteiger partial charge on any atom is 0.224 e. The molecule has 1 aromatic heterocycles. The number of piperidine rings is 1. The number of anilines is 1. The van der Waals surface area contributed by atoms with Crippen LogP contribution in [0, 0.1) is 5.92 Å². The second-order valence-electron chi connectivity index (χ2n) is 8.29. The largest absolute Gasteiger partial charge is 0.384 e. The summed E-state index contributed by atoms with van der Waals surface area (Å²) in [6, 6.07) is 15.6. The molecule has 7 heteroatoms. The first-order chi connectivity index (χ1) is 15.6. The molecule has 0 spiro atoms. The number of hydrogen-bond donors (Lipinski definition) is 2. The zero-order valence-corrected chi connectivity index (χ0v) is 19.5. The molecule has 1 amide bonds. The van der Waals surface area contributed by atoms with Crippen molar-refractivity contribution in [1.82, 2.24) is 15.2 Å². The Morgan fingerprint density at radius 2 is 1.88 bits per heavy atom. The first-order valence-corrected chi connectivity index (χ1v) is 11.9. The number of carbonyl (C=O) groups is 1. The number of nitrogens with zero attached hydrogens (tertiary/aromatic N) is 2. The van der Waals surface area contributed by atoms with E-state index in [0.29, 0.717) is 11.6 Å². The number of halogens is 2. The predicted molar refractivity (Wildman–Crippen MR) is 132 cm³/mol. The quantitative estimate of drug-likeness (QED) is 0.434. The third-order valence-electron chi connectivity index (χ3n) is 5.87. The minimum atomic E-state index is 0.0536. The molecular weight excluding hydrogens is 443 g/mol. The van der Waals surface area contributed by atoms with E-state index in [9.17, 15) is 4.79 Å². The molecule has 2 heterocycles. The summed E-state index contributed by atoms with van der Waals surface area (Å²) >= 11 is 12.0. The Bertz CT molecular complexity index is 1060. The molecule has 4 rings (SSSR count). The minimum absolute atomic E-state index is 0.0536. The van der Waals surface area contributed by atoms with Gasteiger partial charge in [-0.2, -0.15) is 0 Å². The second-order valence-corrected chi connectivity index (χ2v) is 9.16. The van der Waals surface area contributed by atoms with E-state index < -0.39 is 0 Å². The molecule has 1 aliphatic heterocycles. The van der Waals surface area contributed by atoms with Crippen LogP contribution in [0.3, 0.4) is 0 Å². The van der Waals surface area contributed by atoms with Gasteiger partial charge in [0.05, 0.1) is 11.4 Å². The molecule has 0 radical (unpaired) electrons. The van der Waals surface area contributed by atoms with E-state index in [1.165, 1.54) is 5.56 Å². The number of benzene rings is 2. The van der Waals surface area contributed by atoms with Gasteiger partial charge in [-0.3, -0.25) is 14.7 Å². The van der Waals surface area contributed by atoms with Crippen molar-refractivity contribution >= 4 is 45.7 Å². The van der Waals surface area contributed by atoms with Gasteiger partial charge in [0.1, 0.15) is 0 Å². The lowest BCUT2D eigenvalue weighted by molar-refractivity contribution is -0.126. The molecule has 0 bridgehead atoms.